The summed E-state index contributed by atoms with van der Waals surface area (Å²) in [7, 11) is 0. The maximum absolute atomic E-state index is 3.61. The van der Waals surface area contributed by atoms with Crippen LogP contribution in [-0.4, -0.2) is 36.6 Å². The van der Waals surface area contributed by atoms with Crippen molar-refractivity contribution in [3.05, 3.63) is 0 Å². The monoisotopic (exact) mass is 184 g/mol. The summed E-state index contributed by atoms with van der Waals surface area (Å²) >= 11 is 0. The summed E-state index contributed by atoms with van der Waals surface area (Å²) in [4.78, 5) is 2.51. The summed E-state index contributed by atoms with van der Waals surface area (Å²) in [6.45, 7) is 12.8. The lowest BCUT2D eigenvalue weighted by Crippen LogP contribution is -2.60. The van der Waals surface area contributed by atoms with Gasteiger partial charge in [0.05, 0.1) is 0 Å². The SMILES string of the molecule is CCC(C)CNC1CN(C(C)C)C1. The van der Waals surface area contributed by atoms with Crippen LogP contribution in [0.15, 0.2) is 0 Å². The van der Waals surface area contributed by atoms with Gasteiger partial charge in [0.1, 0.15) is 0 Å². The van der Waals surface area contributed by atoms with Gasteiger partial charge in [0, 0.05) is 25.2 Å². The molecule has 13 heavy (non-hydrogen) atoms. The first kappa shape index (κ1) is 11.0. The third-order valence-electron chi connectivity index (χ3n) is 3.09. The molecule has 0 aromatic heterocycles. The highest BCUT2D eigenvalue weighted by Gasteiger charge is 2.27. The maximum Gasteiger partial charge on any atom is 0.0322 e. The van der Waals surface area contributed by atoms with E-state index in [-0.39, 0.29) is 0 Å². The third kappa shape index (κ3) is 3.28. The van der Waals surface area contributed by atoms with Crippen LogP contribution in [0.3, 0.4) is 0 Å². The van der Waals surface area contributed by atoms with Crippen molar-refractivity contribution in [3.63, 3.8) is 0 Å². The van der Waals surface area contributed by atoms with Gasteiger partial charge in [0.15, 0.2) is 0 Å². The van der Waals surface area contributed by atoms with Crippen LogP contribution in [-0.2, 0) is 0 Å². The van der Waals surface area contributed by atoms with Gasteiger partial charge < -0.3 is 5.32 Å². The Bertz CT molecular complexity index is 139. The zero-order valence-electron chi connectivity index (χ0n) is 9.51. The Kier molecular flexibility index (Phi) is 4.20. The van der Waals surface area contributed by atoms with Crippen LogP contribution in [0.25, 0.3) is 0 Å². The molecule has 0 aliphatic carbocycles. The number of likely N-dealkylation sites (tertiary alicyclic amines) is 1. The highest BCUT2D eigenvalue weighted by molar-refractivity contribution is 4.87. The summed E-state index contributed by atoms with van der Waals surface area (Å²) in [6, 6.07) is 1.48. The molecule has 1 N–H and O–H groups in total. The molecule has 1 heterocycles. The average Bonchev–Trinajstić information content (AvgIpc) is 2.00. The Morgan fingerprint density at radius 2 is 1.92 bits per heavy atom. The average molecular weight is 184 g/mol. The molecular formula is C11H24N2. The predicted octanol–water partition coefficient (Wildman–Crippen LogP) is 1.71. The molecule has 1 fully saturated rings. The van der Waals surface area contributed by atoms with E-state index >= 15 is 0 Å². The molecule has 2 nitrogen and oxygen atoms in total. The highest BCUT2D eigenvalue weighted by Crippen LogP contribution is 2.12. The summed E-state index contributed by atoms with van der Waals surface area (Å²) in [5.41, 5.74) is 0. The van der Waals surface area contributed by atoms with Crippen LogP contribution in [0.1, 0.15) is 34.1 Å². The lowest BCUT2D eigenvalue weighted by Gasteiger charge is -2.42. The van der Waals surface area contributed by atoms with E-state index in [1.54, 1.807) is 0 Å². The van der Waals surface area contributed by atoms with Gasteiger partial charge in [-0.1, -0.05) is 20.3 Å². The minimum absolute atomic E-state index is 0.724. The van der Waals surface area contributed by atoms with Crippen LogP contribution >= 0.6 is 0 Å². The van der Waals surface area contributed by atoms with Gasteiger partial charge in [-0.25, -0.2) is 0 Å². The van der Waals surface area contributed by atoms with Crippen LogP contribution in [0.5, 0.6) is 0 Å². The lowest BCUT2D eigenvalue weighted by molar-refractivity contribution is 0.0900. The van der Waals surface area contributed by atoms with Crippen molar-refractivity contribution in [2.45, 2.75) is 46.2 Å². The van der Waals surface area contributed by atoms with Crippen LogP contribution in [0.4, 0.5) is 0 Å². The summed E-state index contributed by atoms with van der Waals surface area (Å²) in [5.74, 6) is 0.827. The molecule has 1 rings (SSSR count). The summed E-state index contributed by atoms with van der Waals surface area (Å²) in [5, 5.41) is 3.61. The van der Waals surface area contributed by atoms with Crippen molar-refractivity contribution in [2.75, 3.05) is 19.6 Å². The minimum atomic E-state index is 0.724. The van der Waals surface area contributed by atoms with Gasteiger partial charge in [-0.3, -0.25) is 4.90 Å². The van der Waals surface area contributed by atoms with Crippen molar-refractivity contribution in [1.82, 2.24) is 10.2 Å². The van der Waals surface area contributed by atoms with E-state index in [1.165, 1.54) is 26.1 Å². The highest BCUT2D eigenvalue weighted by atomic mass is 15.3. The second-order valence-electron chi connectivity index (χ2n) is 4.67. The quantitative estimate of drug-likeness (QED) is 0.700. The van der Waals surface area contributed by atoms with Gasteiger partial charge in [0.25, 0.3) is 0 Å². The fourth-order valence-electron chi connectivity index (χ4n) is 1.58. The van der Waals surface area contributed by atoms with Crippen molar-refractivity contribution >= 4 is 0 Å². The molecule has 1 unspecified atom stereocenters. The Hall–Kier alpha value is -0.0800. The van der Waals surface area contributed by atoms with Gasteiger partial charge in [-0.05, 0) is 26.3 Å². The van der Waals surface area contributed by atoms with E-state index in [0.717, 1.165) is 18.0 Å². The summed E-state index contributed by atoms with van der Waals surface area (Å²) in [6.07, 6.45) is 1.29. The smallest absolute Gasteiger partial charge is 0.0322 e. The number of nitrogens with one attached hydrogen (secondary N) is 1. The van der Waals surface area contributed by atoms with Crippen molar-refractivity contribution in [3.8, 4) is 0 Å². The Labute approximate surface area is 82.7 Å². The van der Waals surface area contributed by atoms with Crippen molar-refractivity contribution in [2.24, 2.45) is 5.92 Å². The van der Waals surface area contributed by atoms with E-state index in [0.29, 0.717) is 0 Å². The number of hydrogen-bond donors (Lipinski definition) is 1. The maximum atomic E-state index is 3.61. The summed E-state index contributed by atoms with van der Waals surface area (Å²) < 4.78 is 0. The van der Waals surface area contributed by atoms with Crippen molar-refractivity contribution < 1.29 is 0 Å². The molecule has 0 saturated carbocycles. The molecule has 0 amide bonds. The molecule has 1 atom stereocenters. The Balaban J connectivity index is 2.02. The Morgan fingerprint density at radius 1 is 1.31 bits per heavy atom. The number of nitrogens with zero attached hydrogens (tertiary/aromatic N) is 1. The first-order valence-corrected chi connectivity index (χ1v) is 5.61. The number of hydrogen-bond acceptors (Lipinski definition) is 2. The van der Waals surface area contributed by atoms with Gasteiger partial charge >= 0.3 is 0 Å². The molecule has 1 saturated heterocycles. The standard InChI is InChI=1S/C11H24N2/c1-5-10(4)6-12-11-7-13(8-11)9(2)3/h9-12H,5-8H2,1-4H3. The van der Waals surface area contributed by atoms with E-state index in [1.807, 2.05) is 0 Å². The third-order valence-corrected chi connectivity index (χ3v) is 3.09. The van der Waals surface area contributed by atoms with Crippen LogP contribution < -0.4 is 5.32 Å². The van der Waals surface area contributed by atoms with Crippen LogP contribution in [0.2, 0.25) is 0 Å². The molecule has 0 radical (unpaired) electrons. The lowest BCUT2D eigenvalue weighted by atomic mass is 10.0. The second-order valence-corrected chi connectivity index (χ2v) is 4.67. The van der Waals surface area contributed by atoms with Crippen molar-refractivity contribution in [1.29, 1.82) is 0 Å². The molecule has 0 spiro atoms. The molecular weight excluding hydrogens is 160 g/mol. The number of rotatable bonds is 5. The van der Waals surface area contributed by atoms with E-state index in [4.69, 9.17) is 0 Å². The molecule has 1 aliphatic rings. The predicted molar refractivity (Wildman–Crippen MR) is 58.0 cm³/mol. The Morgan fingerprint density at radius 3 is 2.38 bits per heavy atom. The molecule has 0 aromatic carbocycles. The minimum Gasteiger partial charge on any atom is -0.311 e. The first-order valence-electron chi connectivity index (χ1n) is 5.61. The van der Waals surface area contributed by atoms with E-state index < -0.39 is 0 Å². The largest absolute Gasteiger partial charge is 0.311 e. The normalized spacial score (nSPS) is 21.9. The topological polar surface area (TPSA) is 15.3 Å². The first-order chi connectivity index (χ1) is 6.13. The van der Waals surface area contributed by atoms with Gasteiger partial charge in [0.2, 0.25) is 0 Å². The van der Waals surface area contributed by atoms with E-state index in [2.05, 4.69) is 37.9 Å². The fourth-order valence-corrected chi connectivity index (χ4v) is 1.58. The molecule has 0 aromatic rings. The molecule has 0 bridgehead atoms. The zero-order chi connectivity index (χ0) is 9.84. The molecule has 2 heteroatoms. The van der Waals surface area contributed by atoms with Gasteiger partial charge in [-0.15, -0.1) is 0 Å². The van der Waals surface area contributed by atoms with E-state index in [9.17, 15) is 0 Å². The zero-order valence-corrected chi connectivity index (χ0v) is 9.51. The molecule has 78 valence electrons. The van der Waals surface area contributed by atoms with Crippen LogP contribution in [0, 0.1) is 5.92 Å². The van der Waals surface area contributed by atoms with Gasteiger partial charge in [-0.2, -0.15) is 0 Å². The molecule has 1 aliphatic heterocycles. The second kappa shape index (κ2) is 4.97. The fraction of sp³-hybridized carbons (Fsp3) is 1.00.